The lowest BCUT2D eigenvalue weighted by Crippen LogP contribution is -2.41. The maximum atomic E-state index is 13.3. The summed E-state index contributed by atoms with van der Waals surface area (Å²) in [7, 11) is 1.74. The third kappa shape index (κ3) is 4.54. The Bertz CT molecular complexity index is 991. The van der Waals surface area contributed by atoms with Crippen molar-refractivity contribution in [1.82, 2.24) is 14.7 Å². The zero-order valence-corrected chi connectivity index (χ0v) is 18.9. The molecule has 0 spiro atoms. The first-order valence-electron chi connectivity index (χ1n) is 11.4. The number of rotatable bonds is 5. The van der Waals surface area contributed by atoms with E-state index in [-0.39, 0.29) is 36.0 Å². The monoisotopic (exact) mass is 433 g/mol. The van der Waals surface area contributed by atoms with E-state index >= 15 is 0 Å². The number of likely N-dealkylation sites (N-methyl/N-ethyl adjacent to an activating group) is 1. The minimum atomic E-state index is -0.312. The molecular weight excluding hydrogens is 402 g/mol. The molecule has 0 radical (unpaired) electrons. The Hall–Kier alpha value is -3.15. The van der Waals surface area contributed by atoms with Crippen LogP contribution in [0.4, 0.5) is 0 Å². The quantitative estimate of drug-likeness (QED) is 0.729. The summed E-state index contributed by atoms with van der Waals surface area (Å²) >= 11 is 0. The summed E-state index contributed by atoms with van der Waals surface area (Å²) in [5, 5.41) is 0. The van der Waals surface area contributed by atoms with Crippen LogP contribution < -0.4 is 0 Å². The van der Waals surface area contributed by atoms with E-state index < -0.39 is 0 Å². The molecule has 32 heavy (non-hydrogen) atoms. The fourth-order valence-electron chi connectivity index (χ4n) is 4.86. The van der Waals surface area contributed by atoms with Crippen LogP contribution in [-0.2, 0) is 20.8 Å². The predicted molar refractivity (Wildman–Crippen MR) is 124 cm³/mol. The van der Waals surface area contributed by atoms with Gasteiger partial charge in [-0.15, -0.1) is 0 Å². The van der Waals surface area contributed by atoms with Gasteiger partial charge in [0, 0.05) is 46.2 Å². The van der Waals surface area contributed by atoms with E-state index in [4.69, 9.17) is 0 Å². The summed E-state index contributed by atoms with van der Waals surface area (Å²) in [5.74, 6) is -0.507. The number of carbonyl (C=O) groups is 3. The molecule has 2 heterocycles. The zero-order chi connectivity index (χ0) is 22.7. The lowest BCUT2D eigenvalue weighted by Gasteiger charge is -2.26. The number of nitrogens with zero attached hydrogens (tertiary/aromatic N) is 3. The largest absolute Gasteiger partial charge is 0.345 e. The molecule has 2 aromatic rings. The van der Waals surface area contributed by atoms with E-state index in [1.807, 2.05) is 47.1 Å². The van der Waals surface area contributed by atoms with Crippen molar-refractivity contribution in [2.75, 3.05) is 39.8 Å². The highest BCUT2D eigenvalue weighted by molar-refractivity contribution is 5.90. The number of benzene rings is 2. The molecule has 0 aromatic heterocycles. The third-order valence-corrected chi connectivity index (χ3v) is 6.69. The molecule has 2 fully saturated rings. The summed E-state index contributed by atoms with van der Waals surface area (Å²) < 4.78 is 0. The van der Waals surface area contributed by atoms with Gasteiger partial charge in [-0.3, -0.25) is 14.4 Å². The van der Waals surface area contributed by atoms with Gasteiger partial charge in [0.25, 0.3) is 0 Å². The van der Waals surface area contributed by atoms with Crippen molar-refractivity contribution in [1.29, 1.82) is 0 Å². The van der Waals surface area contributed by atoms with E-state index in [1.165, 1.54) is 0 Å². The Morgan fingerprint density at radius 3 is 2.38 bits per heavy atom. The van der Waals surface area contributed by atoms with Crippen LogP contribution in [0.2, 0.25) is 0 Å². The summed E-state index contributed by atoms with van der Waals surface area (Å²) in [5.41, 5.74) is 3.35. The maximum absolute atomic E-state index is 13.3. The lowest BCUT2D eigenvalue weighted by atomic mass is 9.91. The Kier molecular flexibility index (Phi) is 6.58. The molecular formula is C26H31N3O3. The van der Waals surface area contributed by atoms with Crippen LogP contribution >= 0.6 is 0 Å². The lowest BCUT2D eigenvalue weighted by molar-refractivity contribution is -0.137. The summed E-state index contributed by atoms with van der Waals surface area (Å²) in [6.45, 7) is 4.52. The molecule has 2 aliphatic rings. The summed E-state index contributed by atoms with van der Waals surface area (Å²) in [4.78, 5) is 43.9. The Labute approximate surface area is 189 Å². The SMILES string of the molecule is CCN1CCN(C(=O)[C@@H]2CC(=O)N(C)C2)C[C@H](Cc2ccccc2-c2ccccc2)C1=O. The van der Waals surface area contributed by atoms with E-state index in [1.54, 1.807) is 11.9 Å². The van der Waals surface area contributed by atoms with Gasteiger partial charge in [-0.05, 0) is 30.0 Å². The minimum absolute atomic E-state index is 0.00482. The number of hydrogen-bond acceptors (Lipinski definition) is 3. The summed E-state index contributed by atoms with van der Waals surface area (Å²) in [6.07, 6.45) is 0.840. The molecule has 0 aliphatic carbocycles. The number of carbonyl (C=O) groups excluding carboxylic acids is 3. The third-order valence-electron chi connectivity index (χ3n) is 6.69. The first-order valence-corrected chi connectivity index (χ1v) is 11.4. The number of likely N-dealkylation sites (tertiary alicyclic amines) is 1. The van der Waals surface area contributed by atoms with Gasteiger partial charge in [-0.1, -0.05) is 54.6 Å². The van der Waals surface area contributed by atoms with Crippen LogP contribution in [0.25, 0.3) is 11.1 Å². The highest BCUT2D eigenvalue weighted by Gasteiger charge is 2.38. The Balaban J connectivity index is 1.58. The molecule has 3 amide bonds. The molecule has 6 heteroatoms. The van der Waals surface area contributed by atoms with Gasteiger partial charge < -0.3 is 14.7 Å². The molecule has 2 aliphatic heterocycles. The second kappa shape index (κ2) is 9.55. The van der Waals surface area contributed by atoms with Crippen LogP contribution in [0.3, 0.4) is 0 Å². The van der Waals surface area contributed by atoms with Gasteiger partial charge in [0.05, 0.1) is 11.8 Å². The molecule has 0 saturated carbocycles. The van der Waals surface area contributed by atoms with Gasteiger partial charge in [-0.2, -0.15) is 0 Å². The van der Waals surface area contributed by atoms with Gasteiger partial charge in [0.1, 0.15) is 0 Å². The van der Waals surface area contributed by atoms with Crippen molar-refractivity contribution in [3.63, 3.8) is 0 Å². The normalized spacial score (nSPS) is 21.8. The fourth-order valence-corrected chi connectivity index (χ4v) is 4.86. The van der Waals surface area contributed by atoms with Gasteiger partial charge in [0.2, 0.25) is 17.7 Å². The Morgan fingerprint density at radius 2 is 1.69 bits per heavy atom. The molecule has 0 N–H and O–H groups in total. The van der Waals surface area contributed by atoms with Crippen LogP contribution in [0, 0.1) is 11.8 Å². The molecule has 2 atom stereocenters. The van der Waals surface area contributed by atoms with Gasteiger partial charge in [-0.25, -0.2) is 0 Å². The second-order valence-electron chi connectivity index (χ2n) is 8.80. The Morgan fingerprint density at radius 1 is 0.969 bits per heavy atom. The van der Waals surface area contributed by atoms with Crippen molar-refractivity contribution in [2.45, 2.75) is 19.8 Å². The van der Waals surface area contributed by atoms with Crippen molar-refractivity contribution in [3.8, 4) is 11.1 Å². The molecule has 2 saturated heterocycles. The smallest absolute Gasteiger partial charge is 0.228 e. The van der Waals surface area contributed by atoms with Crippen molar-refractivity contribution in [2.24, 2.45) is 11.8 Å². The maximum Gasteiger partial charge on any atom is 0.228 e. The fraction of sp³-hybridized carbons (Fsp3) is 0.423. The van der Waals surface area contributed by atoms with Crippen LogP contribution in [0.1, 0.15) is 18.9 Å². The highest BCUT2D eigenvalue weighted by atomic mass is 16.2. The first kappa shape index (κ1) is 22.1. The number of amides is 3. The molecule has 6 nitrogen and oxygen atoms in total. The van der Waals surface area contributed by atoms with Crippen LogP contribution in [0.5, 0.6) is 0 Å². The second-order valence-corrected chi connectivity index (χ2v) is 8.80. The van der Waals surface area contributed by atoms with Crippen molar-refractivity contribution >= 4 is 17.7 Å². The molecule has 0 bridgehead atoms. The molecule has 4 rings (SSSR count). The van der Waals surface area contributed by atoms with Gasteiger partial charge in [0.15, 0.2) is 0 Å². The van der Waals surface area contributed by atoms with E-state index in [0.29, 0.717) is 39.1 Å². The minimum Gasteiger partial charge on any atom is -0.345 e. The number of hydrogen-bond donors (Lipinski definition) is 0. The van der Waals surface area contributed by atoms with Crippen molar-refractivity contribution < 1.29 is 14.4 Å². The van der Waals surface area contributed by atoms with Crippen molar-refractivity contribution in [3.05, 3.63) is 60.2 Å². The average Bonchev–Trinajstić information content (AvgIpc) is 3.07. The van der Waals surface area contributed by atoms with Crippen LogP contribution in [-0.4, -0.2) is 72.2 Å². The predicted octanol–water partition coefficient (Wildman–Crippen LogP) is 2.68. The highest BCUT2D eigenvalue weighted by Crippen LogP contribution is 2.28. The zero-order valence-electron chi connectivity index (χ0n) is 18.9. The molecule has 168 valence electrons. The van der Waals surface area contributed by atoms with Gasteiger partial charge >= 0.3 is 0 Å². The summed E-state index contributed by atoms with van der Waals surface area (Å²) in [6, 6.07) is 18.4. The standard InChI is InChI=1S/C26H31N3O3/c1-3-28-13-14-29(26(32)22-16-24(30)27(2)17-22)18-21(25(28)31)15-20-11-7-8-12-23(20)19-9-5-4-6-10-19/h4-12,21-22H,3,13-18H2,1-2H3/t21-,22+/m0/s1. The topological polar surface area (TPSA) is 60.9 Å². The average molecular weight is 434 g/mol. The van der Waals surface area contributed by atoms with E-state index in [2.05, 4.69) is 24.3 Å². The van der Waals surface area contributed by atoms with E-state index in [0.717, 1.165) is 16.7 Å². The molecule has 0 unspecified atom stereocenters. The van der Waals surface area contributed by atoms with Crippen LogP contribution in [0.15, 0.2) is 54.6 Å². The van der Waals surface area contributed by atoms with E-state index in [9.17, 15) is 14.4 Å². The molecule has 2 aromatic carbocycles. The first-order chi connectivity index (χ1) is 15.5.